The van der Waals surface area contributed by atoms with Gasteiger partial charge in [0.05, 0.1) is 0 Å². The quantitative estimate of drug-likeness (QED) is 0.655. The van der Waals surface area contributed by atoms with Gasteiger partial charge in [0.25, 0.3) is 0 Å². The predicted molar refractivity (Wildman–Crippen MR) is 79.7 cm³/mol. The van der Waals surface area contributed by atoms with Crippen LogP contribution in [0.4, 0.5) is 0 Å². The summed E-state index contributed by atoms with van der Waals surface area (Å²) in [6.07, 6.45) is 2.50. The zero-order valence-electron chi connectivity index (χ0n) is 10.5. The van der Waals surface area contributed by atoms with Crippen molar-refractivity contribution in [3.05, 3.63) is 70.3 Å². The Bertz CT molecular complexity index is 543. The topological polar surface area (TPSA) is 0 Å². The molecule has 1 aliphatic carbocycles. The van der Waals surface area contributed by atoms with Crippen LogP contribution in [0.1, 0.15) is 40.2 Å². The van der Waals surface area contributed by atoms with Crippen LogP contribution >= 0.6 is 0 Å². The van der Waals surface area contributed by atoms with Gasteiger partial charge in [-0.05, 0) is 54.5 Å². The third-order valence-corrected chi connectivity index (χ3v) is 4.04. The molecule has 0 spiro atoms. The van der Waals surface area contributed by atoms with Crippen LogP contribution in [-0.4, -0.2) is 18.9 Å². The van der Waals surface area contributed by atoms with E-state index in [1.54, 1.807) is 11.1 Å². The first-order valence-electron chi connectivity index (χ1n) is 6.40. The molecule has 3 rings (SSSR count). The minimum absolute atomic E-state index is 0. The monoisotopic (exact) mass is 230 g/mol. The second kappa shape index (κ2) is 5.35. The van der Waals surface area contributed by atoms with Crippen LogP contribution in [0.25, 0.3) is 0 Å². The molecule has 0 heterocycles. The number of fused-ring (bicyclic) bond motifs is 1. The molecule has 2 aromatic rings. The van der Waals surface area contributed by atoms with E-state index in [1.165, 1.54) is 29.5 Å². The molecule has 1 unspecified atom stereocenters. The van der Waals surface area contributed by atoms with Crippen LogP contribution in [0.3, 0.4) is 0 Å². The van der Waals surface area contributed by atoms with Gasteiger partial charge in [-0.25, -0.2) is 0 Å². The molecule has 0 aliphatic heterocycles. The minimum atomic E-state index is 0. The molecule has 0 fully saturated rings. The van der Waals surface area contributed by atoms with Gasteiger partial charge in [-0.1, -0.05) is 42.5 Å². The summed E-state index contributed by atoms with van der Waals surface area (Å²) in [5.41, 5.74) is 7.43. The molecule has 0 nitrogen and oxygen atoms in total. The summed E-state index contributed by atoms with van der Waals surface area (Å²) >= 11 is 0. The fraction of sp³-hybridized carbons (Fsp3) is 0.294. The molecular formula is C17H19Li. The molecule has 0 radical (unpaired) electrons. The summed E-state index contributed by atoms with van der Waals surface area (Å²) in [7, 11) is 0. The van der Waals surface area contributed by atoms with Crippen molar-refractivity contribution in [2.24, 2.45) is 0 Å². The Morgan fingerprint density at radius 3 is 2.33 bits per heavy atom. The van der Waals surface area contributed by atoms with E-state index in [0.29, 0.717) is 5.92 Å². The molecule has 1 aliphatic rings. The Balaban J connectivity index is 0.00000120. The van der Waals surface area contributed by atoms with Crippen LogP contribution in [0.5, 0.6) is 0 Å². The Hall–Kier alpha value is -0.963. The van der Waals surface area contributed by atoms with E-state index in [-0.39, 0.29) is 18.9 Å². The number of hydrogen-bond donors (Lipinski definition) is 0. The molecule has 0 amide bonds. The zero-order chi connectivity index (χ0) is 11.8. The van der Waals surface area contributed by atoms with E-state index < -0.39 is 0 Å². The van der Waals surface area contributed by atoms with Gasteiger partial charge in [0.2, 0.25) is 0 Å². The van der Waals surface area contributed by atoms with Gasteiger partial charge in [0.15, 0.2) is 0 Å². The molecule has 18 heavy (non-hydrogen) atoms. The molecule has 0 N–H and O–H groups in total. The normalized spacial score (nSPS) is 17.1. The Kier molecular flexibility index (Phi) is 4.00. The van der Waals surface area contributed by atoms with Crippen LogP contribution in [0, 0.1) is 13.8 Å². The van der Waals surface area contributed by atoms with Crippen molar-refractivity contribution in [3.8, 4) is 0 Å². The molecule has 1 heteroatoms. The van der Waals surface area contributed by atoms with E-state index in [0.717, 1.165) is 0 Å². The van der Waals surface area contributed by atoms with Crippen molar-refractivity contribution in [1.82, 2.24) is 0 Å². The Morgan fingerprint density at radius 2 is 1.61 bits per heavy atom. The van der Waals surface area contributed by atoms with Crippen molar-refractivity contribution < 1.29 is 0 Å². The van der Waals surface area contributed by atoms with E-state index in [4.69, 9.17) is 0 Å². The average molecular weight is 230 g/mol. The van der Waals surface area contributed by atoms with Crippen molar-refractivity contribution in [2.75, 3.05) is 0 Å². The van der Waals surface area contributed by atoms with Gasteiger partial charge < -0.3 is 0 Å². The van der Waals surface area contributed by atoms with Crippen LogP contribution in [-0.2, 0) is 6.42 Å². The van der Waals surface area contributed by atoms with E-state index in [1.807, 2.05) is 0 Å². The molecule has 88 valence electrons. The van der Waals surface area contributed by atoms with Crippen molar-refractivity contribution in [3.63, 3.8) is 0 Å². The molecule has 0 bridgehead atoms. The number of hydrogen-bond acceptors (Lipinski definition) is 0. The molecule has 2 aromatic carbocycles. The van der Waals surface area contributed by atoms with Crippen molar-refractivity contribution in [1.29, 1.82) is 0 Å². The molecular weight excluding hydrogens is 211 g/mol. The average Bonchev–Trinajstić information content (AvgIpc) is 2.74. The molecule has 1 atom stereocenters. The van der Waals surface area contributed by atoms with E-state index in [2.05, 4.69) is 56.3 Å². The fourth-order valence-electron chi connectivity index (χ4n) is 2.93. The van der Waals surface area contributed by atoms with Gasteiger partial charge in [-0.15, -0.1) is 0 Å². The van der Waals surface area contributed by atoms with Crippen molar-refractivity contribution in [2.45, 2.75) is 32.6 Å². The second-order valence-corrected chi connectivity index (χ2v) is 5.14. The summed E-state index contributed by atoms with van der Waals surface area (Å²) in [5, 5.41) is 0. The van der Waals surface area contributed by atoms with Gasteiger partial charge >= 0.3 is 18.9 Å². The van der Waals surface area contributed by atoms with Crippen molar-refractivity contribution >= 4 is 18.9 Å². The first-order valence-corrected chi connectivity index (χ1v) is 6.40. The van der Waals surface area contributed by atoms with Crippen LogP contribution in [0.15, 0.2) is 42.5 Å². The molecule has 0 aromatic heterocycles. The standard InChI is InChI=1S/C17H18.Li.H/c1-12-10-15-8-9-16(17(15)11-13(12)2)14-6-4-3-5-7-14;;/h3-7,10-11,16H,8-9H2,1-2H3;;. The molecule has 0 saturated carbocycles. The van der Waals surface area contributed by atoms with E-state index >= 15 is 0 Å². The maximum atomic E-state index is 2.40. The summed E-state index contributed by atoms with van der Waals surface area (Å²) in [5.74, 6) is 0.616. The van der Waals surface area contributed by atoms with Gasteiger partial charge in [0, 0.05) is 5.92 Å². The van der Waals surface area contributed by atoms with Crippen LogP contribution < -0.4 is 0 Å². The van der Waals surface area contributed by atoms with Gasteiger partial charge in [-0.3, -0.25) is 0 Å². The fourth-order valence-corrected chi connectivity index (χ4v) is 2.93. The number of benzene rings is 2. The Labute approximate surface area is 122 Å². The van der Waals surface area contributed by atoms with Gasteiger partial charge in [-0.2, -0.15) is 0 Å². The first-order chi connectivity index (χ1) is 8.25. The second-order valence-electron chi connectivity index (χ2n) is 5.14. The summed E-state index contributed by atoms with van der Waals surface area (Å²) < 4.78 is 0. The summed E-state index contributed by atoms with van der Waals surface area (Å²) in [4.78, 5) is 0. The Morgan fingerprint density at radius 1 is 0.944 bits per heavy atom. The maximum absolute atomic E-state index is 2.40. The van der Waals surface area contributed by atoms with Gasteiger partial charge in [0.1, 0.15) is 0 Å². The first kappa shape index (κ1) is 13.5. The number of rotatable bonds is 1. The SMILES string of the molecule is Cc1cc2c(cc1C)C(c1ccccc1)CC2.[LiH]. The zero-order valence-corrected chi connectivity index (χ0v) is 10.5. The molecule has 0 saturated heterocycles. The third kappa shape index (κ3) is 2.28. The predicted octanol–water partition coefficient (Wildman–Crippen LogP) is 3.73. The summed E-state index contributed by atoms with van der Waals surface area (Å²) in [6.45, 7) is 4.43. The van der Waals surface area contributed by atoms with E-state index in [9.17, 15) is 0 Å². The third-order valence-electron chi connectivity index (χ3n) is 4.04. The van der Waals surface area contributed by atoms with Crippen LogP contribution in [0.2, 0.25) is 0 Å². The number of aryl methyl sites for hydroxylation is 3. The summed E-state index contributed by atoms with van der Waals surface area (Å²) in [6, 6.07) is 15.7.